The Balaban J connectivity index is 1.99. The summed E-state index contributed by atoms with van der Waals surface area (Å²) in [7, 11) is 1.61. The fourth-order valence-electron chi connectivity index (χ4n) is 1.75. The number of aliphatic hydroxyl groups excluding tert-OH is 1. The number of nitrogens with zero attached hydrogens (tertiary/aromatic N) is 1. The standard InChI is InChI=1S/C14H18N2O3S2/c1-8-12(21-14(16-8)9(2)19-3)13(18)15-6-11(17)10-4-5-20-7-10/h4-5,7,9,11,17H,6H2,1-3H3,(H,15,18). The highest BCUT2D eigenvalue weighted by Gasteiger charge is 2.19. The summed E-state index contributed by atoms with van der Waals surface area (Å²) in [5.74, 6) is -0.214. The maximum Gasteiger partial charge on any atom is 0.263 e. The molecule has 7 heteroatoms. The summed E-state index contributed by atoms with van der Waals surface area (Å²) >= 11 is 2.84. The van der Waals surface area contributed by atoms with Crippen LogP contribution in [0, 0.1) is 6.92 Å². The van der Waals surface area contributed by atoms with Crippen LogP contribution in [-0.4, -0.2) is 29.7 Å². The first-order valence-corrected chi connectivity index (χ1v) is 8.27. The van der Waals surface area contributed by atoms with Gasteiger partial charge < -0.3 is 15.2 Å². The van der Waals surface area contributed by atoms with Gasteiger partial charge >= 0.3 is 0 Å². The normalized spacial score (nSPS) is 13.9. The van der Waals surface area contributed by atoms with E-state index in [9.17, 15) is 9.90 Å². The lowest BCUT2D eigenvalue weighted by atomic mass is 10.2. The van der Waals surface area contributed by atoms with E-state index < -0.39 is 6.10 Å². The van der Waals surface area contributed by atoms with Gasteiger partial charge in [-0.15, -0.1) is 11.3 Å². The molecule has 0 fully saturated rings. The molecular formula is C14H18N2O3S2. The molecular weight excluding hydrogens is 308 g/mol. The van der Waals surface area contributed by atoms with Crippen LogP contribution >= 0.6 is 22.7 Å². The zero-order chi connectivity index (χ0) is 15.4. The number of carbonyl (C=O) groups is 1. The third-order valence-electron chi connectivity index (χ3n) is 3.10. The van der Waals surface area contributed by atoms with Crippen molar-refractivity contribution in [1.82, 2.24) is 10.3 Å². The molecule has 0 spiro atoms. The number of amides is 1. The van der Waals surface area contributed by atoms with Crippen LogP contribution in [0.1, 0.15) is 45.1 Å². The molecule has 0 aromatic carbocycles. The van der Waals surface area contributed by atoms with Gasteiger partial charge in [-0.1, -0.05) is 0 Å². The molecule has 2 atom stereocenters. The third kappa shape index (κ3) is 3.88. The minimum atomic E-state index is -0.689. The highest BCUT2D eigenvalue weighted by atomic mass is 32.1. The second-order valence-electron chi connectivity index (χ2n) is 4.63. The molecule has 2 aromatic rings. The molecule has 0 aliphatic carbocycles. The first-order valence-electron chi connectivity index (χ1n) is 6.51. The van der Waals surface area contributed by atoms with Crippen molar-refractivity contribution in [3.8, 4) is 0 Å². The van der Waals surface area contributed by atoms with E-state index in [1.165, 1.54) is 22.7 Å². The van der Waals surface area contributed by atoms with E-state index >= 15 is 0 Å². The number of hydrogen-bond acceptors (Lipinski definition) is 6. The Hall–Kier alpha value is -1.28. The van der Waals surface area contributed by atoms with Crippen LogP contribution in [-0.2, 0) is 4.74 Å². The van der Waals surface area contributed by atoms with Gasteiger partial charge in [0.15, 0.2) is 0 Å². The Kier molecular flexibility index (Phi) is 5.46. The molecule has 0 saturated carbocycles. The number of aromatic nitrogens is 1. The van der Waals surface area contributed by atoms with Gasteiger partial charge in [-0.2, -0.15) is 11.3 Å². The highest BCUT2D eigenvalue weighted by Crippen LogP contribution is 2.25. The van der Waals surface area contributed by atoms with Crippen molar-refractivity contribution in [2.45, 2.75) is 26.1 Å². The Morgan fingerprint density at radius 3 is 2.95 bits per heavy atom. The second kappa shape index (κ2) is 7.13. The summed E-state index contributed by atoms with van der Waals surface area (Å²) in [6.45, 7) is 3.87. The number of thiazole rings is 1. The van der Waals surface area contributed by atoms with Crippen molar-refractivity contribution < 1.29 is 14.6 Å². The molecule has 2 N–H and O–H groups in total. The van der Waals surface area contributed by atoms with Gasteiger partial charge in [0.1, 0.15) is 16.0 Å². The lowest BCUT2D eigenvalue weighted by Crippen LogP contribution is -2.28. The predicted octanol–water partition coefficient (Wildman–Crippen LogP) is 2.68. The van der Waals surface area contributed by atoms with Gasteiger partial charge in [0.05, 0.1) is 11.8 Å². The third-order valence-corrected chi connectivity index (χ3v) is 5.12. The SMILES string of the molecule is COC(C)c1nc(C)c(C(=O)NCC(O)c2ccsc2)s1. The number of aliphatic hydroxyl groups is 1. The van der Waals surface area contributed by atoms with E-state index in [2.05, 4.69) is 10.3 Å². The average molecular weight is 326 g/mol. The van der Waals surface area contributed by atoms with Crippen LogP contribution in [0.15, 0.2) is 16.8 Å². The van der Waals surface area contributed by atoms with Crippen LogP contribution in [0.3, 0.4) is 0 Å². The summed E-state index contributed by atoms with van der Waals surface area (Å²) < 4.78 is 5.21. The molecule has 114 valence electrons. The Morgan fingerprint density at radius 2 is 2.33 bits per heavy atom. The molecule has 0 bridgehead atoms. The van der Waals surface area contributed by atoms with Crippen LogP contribution in [0.25, 0.3) is 0 Å². The number of thiophene rings is 1. The van der Waals surface area contributed by atoms with E-state index in [1.54, 1.807) is 14.0 Å². The smallest absolute Gasteiger partial charge is 0.263 e. The van der Waals surface area contributed by atoms with Gasteiger partial charge in [-0.25, -0.2) is 4.98 Å². The van der Waals surface area contributed by atoms with E-state index in [0.717, 1.165) is 10.6 Å². The van der Waals surface area contributed by atoms with E-state index in [0.29, 0.717) is 10.6 Å². The summed E-state index contributed by atoms with van der Waals surface area (Å²) in [6.07, 6.45) is -0.822. The zero-order valence-corrected chi connectivity index (χ0v) is 13.8. The maximum absolute atomic E-state index is 12.2. The molecule has 0 radical (unpaired) electrons. The first-order chi connectivity index (χ1) is 10.0. The molecule has 0 saturated heterocycles. The predicted molar refractivity (Wildman–Crippen MR) is 83.9 cm³/mol. The molecule has 2 unspecified atom stereocenters. The number of nitrogens with one attached hydrogen (secondary N) is 1. The topological polar surface area (TPSA) is 71.5 Å². The number of methoxy groups -OCH3 is 1. The number of aryl methyl sites for hydroxylation is 1. The fourth-order valence-corrected chi connectivity index (χ4v) is 3.47. The van der Waals surface area contributed by atoms with Crippen LogP contribution < -0.4 is 5.32 Å². The number of ether oxygens (including phenoxy) is 1. The Bertz CT molecular complexity index is 595. The summed E-state index contributed by atoms with van der Waals surface area (Å²) in [6, 6.07) is 1.85. The fraction of sp³-hybridized carbons (Fsp3) is 0.429. The van der Waals surface area contributed by atoms with E-state index in [-0.39, 0.29) is 18.6 Å². The lowest BCUT2D eigenvalue weighted by molar-refractivity contribution is 0.0919. The largest absolute Gasteiger partial charge is 0.387 e. The average Bonchev–Trinajstić information content (AvgIpc) is 3.12. The Labute approximate surface area is 131 Å². The Morgan fingerprint density at radius 1 is 1.57 bits per heavy atom. The first kappa shape index (κ1) is 16.1. The molecule has 0 aliphatic heterocycles. The van der Waals surface area contributed by atoms with Crippen molar-refractivity contribution in [1.29, 1.82) is 0 Å². The van der Waals surface area contributed by atoms with Crippen molar-refractivity contribution in [3.63, 3.8) is 0 Å². The van der Waals surface area contributed by atoms with E-state index in [1.807, 2.05) is 23.8 Å². The number of carbonyl (C=O) groups excluding carboxylic acids is 1. The number of rotatable bonds is 6. The number of hydrogen-bond donors (Lipinski definition) is 2. The zero-order valence-electron chi connectivity index (χ0n) is 12.1. The van der Waals surface area contributed by atoms with Crippen molar-refractivity contribution >= 4 is 28.6 Å². The molecule has 21 heavy (non-hydrogen) atoms. The lowest BCUT2D eigenvalue weighted by Gasteiger charge is -2.10. The monoisotopic (exact) mass is 326 g/mol. The van der Waals surface area contributed by atoms with Crippen LogP contribution in [0.4, 0.5) is 0 Å². The molecule has 5 nitrogen and oxygen atoms in total. The molecule has 1 amide bonds. The summed E-state index contributed by atoms with van der Waals surface area (Å²) in [5.41, 5.74) is 1.50. The maximum atomic E-state index is 12.2. The van der Waals surface area contributed by atoms with Gasteiger partial charge in [0.2, 0.25) is 0 Å². The highest BCUT2D eigenvalue weighted by molar-refractivity contribution is 7.13. The second-order valence-corrected chi connectivity index (χ2v) is 6.44. The van der Waals surface area contributed by atoms with Gasteiger partial charge in [0.25, 0.3) is 5.91 Å². The summed E-state index contributed by atoms with van der Waals surface area (Å²) in [4.78, 5) is 17.1. The van der Waals surface area contributed by atoms with Gasteiger partial charge in [-0.05, 0) is 36.2 Å². The van der Waals surface area contributed by atoms with Crippen molar-refractivity contribution in [2.75, 3.05) is 13.7 Å². The summed E-state index contributed by atoms with van der Waals surface area (Å²) in [5, 5.41) is 17.2. The molecule has 2 rings (SSSR count). The molecule has 0 aliphatic rings. The van der Waals surface area contributed by atoms with Crippen molar-refractivity contribution in [3.05, 3.63) is 38.0 Å². The van der Waals surface area contributed by atoms with Gasteiger partial charge in [0, 0.05) is 13.7 Å². The minimum Gasteiger partial charge on any atom is -0.387 e. The minimum absolute atomic E-state index is 0.133. The van der Waals surface area contributed by atoms with Crippen LogP contribution in [0.5, 0.6) is 0 Å². The van der Waals surface area contributed by atoms with Gasteiger partial charge in [-0.3, -0.25) is 4.79 Å². The van der Waals surface area contributed by atoms with E-state index in [4.69, 9.17) is 4.74 Å². The van der Waals surface area contributed by atoms with Crippen molar-refractivity contribution in [2.24, 2.45) is 0 Å². The molecule has 2 heterocycles. The quantitative estimate of drug-likeness (QED) is 0.856. The van der Waals surface area contributed by atoms with Crippen LogP contribution in [0.2, 0.25) is 0 Å². The molecule has 2 aromatic heterocycles.